The molecule has 5 heteroatoms. The molecule has 1 aliphatic carbocycles. The quantitative estimate of drug-likeness (QED) is 0.675. The topological polar surface area (TPSA) is 59.6 Å². The number of ether oxygens (including phenoxy) is 2. The molecule has 116 valence electrons. The fourth-order valence-corrected chi connectivity index (χ4v) is 2.02. The number of amides is 1. The molecule has 0 aromatic heterocycles. The molecule has 5 nitrogen and oxygen atoms in total. The van der Waals surface area contributed by atoms with E-state index in [0.717, 1.165) is 30.7 Å². The zero-order valence-electron chi connectivity index (χ0n) is 12.8. The molecule has 0 aliphatic heterocycles. The lowest BCUT2D eigenvalue weighted by Gasteiger charge is -2.13. The van der Waals surface area contributed by atoms with Gasteiger partial charge in [0.2, 0.25) is 0 Å². The van der Waals surface area contributed by atoms with Crippen LogP contribution in [0.25, 0.3) is 0 Å². The summed E-state index contributed by atoms with van der Waals surface area (Å²) in [5, 5.41) is 6.21. The Bertz CT molecular complexity index is 473. The Balaban J connectivity index is 1.85. The van der Waals surface area contributed by atoms with Gasteiger partial charge >= 0.3 is 0 Å². The zero-order chi connectivity index (χ0) is 15.1. The van der Waals surface area contributed by atoms with E-state index in [9.17, 15) is 4.79 Å². The Kier molecular flexibility index (Phi) is 6.02. The van der Waals surface area contributed by atoms with Crippen LogP contribution in [0.4, 0.5) is 0 Å². The summed E-state index contributed by atoms with van der Waals surface area (Å²) in [5.74, 6) is 0.716. The zero-order valence-corrected chi connectivity index (χ0v) is 12.8. The Labute approximate surface area is 126 Å². The molecule has 0 atom stereocenters. The van der Waals surface area contributed by atoms with Crippen molar-refractivity contribution in [2.45, 2.75) is 32.4 Å². The van der Waals surface area contributed by atoms with Gasteiger partial charge in [-0.15, -0.1) is 0 Å². The Hall–Kier alpha value is -1.59. The van der Waals surface area contributed by atoms with Gasteiger partial charge in [0.1, 0.15) is 5.75 Å². The number of carbonyl (C=O) groups excluding carboxylic acids is 1. The Morgan fingerprint density at radius 1 is 1.38 bits per heavy atom. The van der Waals surface area contributed by atoms with Gasteiger partial charge in [0.25, 0.3) is 5.91 Å². The first-order valence-corrected chi connectivity index (χ1v) is 7.40. The van der Waals surface area contributed by atoms with E-state index >= 15 is 0 Å². The molecule has 1 aromatic carbocycles. The molecule has 1 aromatic rings. The minimum atomic E-state index is -0.0450. The maximum absolute atomic E-state index is 11.7. The third kappa shape index (κ3) is 5.73. The number of methoxy groups -OCH3 is 1. The van der Waals surface area contributed by atoms with Crippen LogP contribution in [-0.2, 0) is 16.1 Å². The monoisotopic (exact) mass is 292 g/mol. The first kappa shape index (κ1) is 15.8. The van der Waals surface area contributed by atoms with Crippen LogP contribution >= 0.6 is 0 Å². The van der Waals surface area contributed by atoms with Gasteiger partial charge in [0.15, 0.2) is 6.61 Å². The highest BCUT2D eigenvalue weighted by molar-refractivity contribution is 5.78. The number of carbonyl (C=O) groups is 1. The number of hydrogen-bond donors (Lipinski definition) is 2. The summed E-state index contributed by atoms with van der Waals surface area (Å²) in [6, 6.07) is 6.36. The molecular weight excluding hydrogens is 268 g/mol. The van der Waals surface area contributed by atoms with Crippen molar-refractivity contribution in [2.24, 2.45) is 0 Å². The second-order valence-corrected chi connectivity index (χ2v) is 5.41. The maximum Gasteiger partial charge on any atom is 0.258 e. The largest absolute Gasteiger partial charge is 0.483 e. The molecular formula is C16H24N2O3. The van der Waals surface area contributed by atoms with Crippen LogP contribution in [0.3, 0.4) is 0 Å². The molecule has 21 heavy (non-hydrogen) atoms. The summed E-state index contributed by atoms with van der Waals surface area (Å²) in [5.41, 5.74) is 2.23. The van der Waals surface area contributed by atoms with Crippen LogP contribution in [0.2, 0.25) is 0 Å². The van der Waals surface area contributed by atoms with Gasteiger partial charge in [0, 0.05) is 31.8 Å². The van der Waals surface area contributed by atoms with E-state index in [-0.39, 0.29) is 12.5 Å². The molecule has 2 N–H and O–H groups in total. The van der Waals surface area contributed by atoms with Crippen molar-refractivity contribution in [3.63, 3.8) is 0 Å². The van der Waals surface area contributed by atoms with E-state index in [1.807, 2.05) is 19.1 Å². The minimum Gasteiger partial charge on any atom is -0.483 e. The van der Waals surface area contributed by atoms with Crippen molar-refractivity contribution >= 4 is 5.91 Å². The standard InChI is InChI=1S/C16H24N2O3/c1-12-3-6-15(13(9-12)10-17-7-8-20-2)21-11-16(19)18-14-4-5-14/h3,6,9,14,17H,4-5,7-8,10-11H2,1-2H3,(H,18,19). The third-order valence-corrected chi connectivity index (χ3v) is 3.32. The van der Waals surface area contributed by atoms with Gasteiger partial charge in [-0.2, -0.15) is 0 Å². The average Bonchev–Trinajstić information content (AvgIpc) is 3.26. The first-order chi connectivity index (χ1) is 10.2. The molecule has 1 aliphatic rings. The number of nitrogens with one attached hydrogen (secondary N) is 2. The normalized spacial score (nSPS) is 14.0. The highest BCUT2D eigenvalue weighted by atomic mass is 16.5. The second-order valence-electron chi connectivity index (χ2n) is 5.41. The number of aryl methyl sites for hydroxylation is 1. The van der Waals surface area contributed by atoms with Crippen molar-refractivity contribution < 1.29 is 14.3 Å². The van der Waals surface area contributed by atoms with E-state index in [0.29, 0.717) is 19.2 Å². The first-order valence-electron chi connectivity index (χ1n) is 7.40. The van der Waals surface area contributed by atoms with Crippen LogP contribution in [0.5, 0.6) is 5.75 Å². The highest BCUT2D eigenvalue weighted by Crippen LogP contribution is 2.21. The lowest BCUT2D eigenvalue weighted by atomic mass is 10.1. The molecule has 1 fully saturated rings. The van der Waals surface area contributed by atoms with Gasteiger partial charge in [-0.05, 0) is 25.8 Å². The number of hydrogen-bond acceptors (Lipinski definition) is 4. The van der Waals surface area contributed by atoms with E-state index in [1.165, 1.54) is 5.56 Å². The predicted octanol–water partition coefficient (Wildman–Crippen LogP) is 1.39. The summed E-state index contributed by atoms with van der Waals surface area (Å²) in [4.78, 5) is 11.7. The van der Waals surface area contributed by atoms with Crippen molar-refractivity contribution in [3.8, 4) is 5.75 Å². The number of benzene rings is 1. The molecule has 0 bridgehead atoms. The van der Waals surface area contributed by atoms with Crippen molar-refractivity contribution in [3.05, 3.63) is 29.3 Å². The predicted molar refractivity (Wildman–Crippen MR) is 81.4 cm³/mol. The van der Waals surface area contributed by atoms with E-state index in [4.69, 9.17) is 9.47 Å². The van der Waals surface area contributed by atoms with Gasteiger partial charge < -0.3 is 20.1 Å². The Morgan fingerprint density at radius 3 is 2.90 bits per heavy atom. The molecule has 1 amide bonds. The minimum absolute atomic E-state index is 0.0450. The molecule has 0 spiro atoms. The van der Waals surface area contributed by atoms with Crippen LogP contribution in [-0.4, -0.2) is 38.8 Å². The maximum atomic E-state index is 11.7. The fourth-order valence-electron chi connectivity index (χ4n) is 2.02. The van der Waals surface area contributed by atoms with Gasteiger partial charge in [-0.25, -0.2) is 0 Å². The third-order valence-electron chi connectivity index (χ3n) is 3.32. The summed E-state index contributed by atoms with van der Waals surface area (Å²) in [6.45, 7) is 4.27. The van der Waals surface area contributed by atoms with E-state index < -0.39 is 0 Å². The van der Waals surface area contributed by atoms with Crippen LogP contribution in [0.1, 0.15) is 24.0 Å². The smallest absolute Gasteiger partial charge is 0.258 e. The van der Waals surface area contributed by atoms with Crippen LogP contribution in [0, 0.1) is 6.92 Å². The summed E-state index contributed by atoms with van der Waals surface area (Å²) in [7, 11) is 1.68. The van der Waals surface area contributed by atoms with E-state index in [1.54, 1.807) is 7.11 Å². The fraction of sp³-hybridized carbons (Fsp3) is 0.562. The second kappa shape index (κ2) is 8.00. The van der Waals surface area contributed by atoms with E-state index in [2.05, 4.69) is 16.7 Å². The van der Waals surface area contributed by atoms with Gasteiger partial charge in [-0.3, -0.25) is 4.79 Å². The lowest BCUT2D eigenvalue weighted by Crippen LogP contribution is -2.30. The molecule has 0 radical (unpaired) electrons. The van der Waals surface area contributed by atoms with Crippen LogP contribution < -0.4 is 15.4 Å². The molecule has 0 heterocycles. The lowest BCUT2D eigenvalue weighted by molar-refractivity contribution is -0.123. The average molecular weight is 292 g/mol. The molecule has 2 rings (SSSR count). The molecule has 0 unspecified atom stereocenters. The van der Waals surface area contributed by atoms with Gasteiger partial charge in [0.05, 0.1) is 6.61 Å². The SMILES string of the molecule is COCCNCc1cc(C)ccc1OCC(=O)NC1CC1. The van der Waals surface area contributed by atoms with Crippen molar-refractivity contribution in [1.29, 1.82) is 0 Å². The van der Waals surface area contributed by atoms with Crippen molar-refractivity contribution in [1.82, 2.24) is 10.6 Å². The number of rotatable bonds is 9. The van der Waals surface area contributed by atoms with Gasteiger partial charge in [-0.1, -0.05) is 17.7 Å². The summed E-state index contributed by atoms with van der Waals surface area (Å²) >= 11 is 0. The summed E-state index contributed by atoms with van der Waals surface area (Å²) in [6.07, 6.45) is 2.18. The van der Waals surface area contributed by atoms with Crippen molar-refractivity contribution in [2.75, 3.05) is 26.9 Å². The summed E-state index contributed by atoms with van der Waals surface area (Å²) < 4.78 is 10.7. The Morgan fingerprint density at radius 2 is 2.19 bits per heavy atom. The highest BCUT2D eigenvalue weighted by Gasteiger charge is 2.23. The van der Waals surface area contributed by atoms with Crippen LogP contribution in [0.15, 0.2) is 18.2 Å². The molecule has 0 saturated heterocycles. The molecule has 1 saturated carbocycles.